The minimum Gasteiger partial charge on any atom is -0.369 e. The van der Waals surface area contributed by atoms with Crippen molar-refractivity contribution in [3.63, 3.8) is 0 Å². The minimum atomic E-state index is 0.951. The zero-order valence-corrected chi connectivity index (χ0v) is 19.1. The van der Waals surface area contributed by atoms with Crippen LogP contribution in [0.5, 0.6) is 0 Å². The number of quaternary nitrogens is 1. The van der Waals surface area contributed by atoms with Crippen LogP contribution >= 0.6 is 11.3 Å². The number of fused-ring (bicyclic) bond motifs is 5. The normalized spacial score (nSPS) is 17.1. The largest absolute Gasteiger partial charge is 0.369 e. The predicted octanol–water partition coefficient (Wildman–Crippen LogP) is 2.47. The molecular formula is C23H34N6S+2. The van der Waals surface area contributed by atoms with E-state index in [2.05, 4.69) is 34.3 Å². The summed E-state index contributed by atoms with van der Waals surface area (Å²) in [5.74, 6) is 2.38. The van der Waals surface area contributed by atoms with Gasteiger partial charge in [-0.05, 0) is 50.5 Å². The highest BCUT2D eigenvalue weighted by Crippen LogP contribution is 2.41. The fourth-order valence-corrected chi connectivity index (χ4v) is 6.21. The van der Waals surface area contributed by atoms with Gasteiger partial charge in [-0.15, -0.1) is 0 Å². The highest BCUT2D eigenvalue weighted by Gasteiger charge is 2.30. The number of aromatic nitrogens is 3. The molecule has 1 aliphatic carbocycles. The first-order valence-corrected chi connectivity index (χ1v) is 12.5. The number of nitrogens with zero attached hydrogens (tertiary/aromatic N) is 3. The van der Waals surface area contributed by atoms with Gasteiger partial charge in [0.25, 0.3) is 5.82 Å². The summed E-state index contributed by atoms with van der Waals surface area (Å²) in [6.45, 7) is 4.47. The number of H-pyrrole nitrogens is 1. The Labute approximate surface area is 182 Å². The second-order valence-electron chi connectivity index (χ2n) is 9.13. The summed E-state index contributed by atoms with van der Waals surface area (Å²) in [6.07, 6.45) is 11.8. The molecule has 5 rings (SSSR count). The van der Waals surface area contributed by atoms with Crippen LogP contribution in [-0.2, 0) is 12.8 Å². The number of nitrogens with one attached hydrogen (secondary N) is 3. The Morgan fingerprint density at radius 2 is 1.87 bits per heavy atom. The van der Waals surface area contributed by atoms with E-state index in [0.29, 0.717) is 0 Å². The standard InChI is InChI=1S/C23H32N6S/c1-28(2)12-8-11-24-21-20-19(25-15-26-21)18-16-9-4-5-10-17(16)22(27-23(18)30-20)29-13-6-3-7-14-29/h15H,3-14H2,1-2H3,(H,24,25,26)/p+2. The van der Waals surface area contributed by atoms with Gasteiger partial charge < -0.3 is 10.2 Å². The molecule has 0 spiro atoms. The maximum absolute atomic E-state index is 4.76. The van der Waals surface area contributed by atoms with E-state index in [1.807, 2.05) is 11.3 Å². The number of rotatable bonds is 6. The van der Waals surface area contributed by atoms with Crippen LogP contribution in [0.3, 0.4) is 0 Å². The summed E-state index contributed by atoms with van der Waals surface area (Å²) in [6, 6.07) is 0. The van der Waals surface area contributed by atoms with Crippen molar-refractivity contribution in [3.05, 3.63) is 17.5 Å². The molecule has 1 aliphatic heterocycles. The minimum absolute atomic E-state index is 0.951. The first-order chi connectivity index (χ1) is 14.7. The molecule has 1 fully saturated rings. The van der Waals surface area contributed by atoms with E-state index >= 15 is 0 Å². The van der Waals surface area contributed by atoms with Gasteiger partial charge in [-0.25, -0.2) is 15.0 Å². The first-order valence-electron chi connectivity index (χ1n) is 11.6. The molecule has 0 amide bonds. The molecule has 160 valence electrons. The monoisotopic (exact) mass is 426 g/mol. The van der Waals surface area contributed by atoms with Crippen molar-refractivity contribution in [1.82, 2.24) is 9.97 Å². The molecular weight excluding hydrogens is 392 g/mol. The predicted molar refractivity (Wildman–Crippen MR) is 125 cm³/mol. The average Bonchev–Trinajstić information content (AvgIpc) is 3.16. The van der Waals surface area contributed by atoms with Gasteiger partial charge in [0, 0.05) is 18.5 Å². The second kappa shape index (κ2) is 8.63. The van der Waals surface area contributed by atoms with Gasteiger partial charge in [0.2, 0.25) is 0 Å². The summed E-state index contributed by atoms with van der Waals surface area (Å²) in [5.41, 5.74) is 4.23. The Balaban J connectivity index is 1.58. The van der Waals surface area contributed by atoms with Crippen molar-refractivity contribution in [3.8, 4) is 0 Å². The highest BCUT2D eigenvalue weighted by molar-refractivity contribution is 7.25. The molecule has 7 heteroatoms. The second-order valence-corrected chi connectivity index (χ2v) is 10.1. The lowest BCUT2D eigenvalue weighted by Gasteiger charge is -2.25. The molecule has 0 radical (unpaired) electrons. The number of pyridine rings is 1. The highest BCUT2D eigenvalue weighted by atomic mass is 32.1. The quantitative estimate of drug-likeness (QED) is 0.595. The number of anilines is 2. The molecule has 4 heterocycles. The third kappa shape index (κ3) is 3.73. The molecule has 3 aromatic heterocycles. The fraction of sp³-hybridized carbons (Fsp3) is 0.609. The number of aromatic amines is 1. The van der Waals surface area contributed by atoms with Crippen LogP contribution in [0.15, 0.2) is 6.33 Å². The van der Waals surface area contributed by atoms with Gasteiger partial charge in [-0.2, -0.15) is 0 Å². The summed E-state index contributed by atoms with van der Waals surface area (Å²) < 4.78 is 1.20. The maximum Gasteiger partial charge on any atom is 0.278 e. The molecule has 3 N–H and O–H groups in total. The Morgan fingerprint density at radius 3 is 2.67 bits per heavy atom. The van der Waals surface area contributed by atoms with Gasteiger partial charge in [-0.1, -0.05) is 11.3 Å². The number of aryl methyl sites for hydroxylation is 1. The molecule has 2 aliphatic rings. The number of thiophene rings is 1. The first kappa shape index (κ1) is 19.9. The lowest BCUT2D eigenvalue weighted by Crippen LogP contribution is -3.05. The van der Waals surface area contributed by atoms with Crippen molar-refractivity contribution < 1.29 is 9.88 Å². The molecule has 0 aromatic carbocycles. The third-order valence-corrected chi connectivity index (χ3v) is 7.68. The number of piperidine rings is 1. The lowest BCUT2D eigenvalue weighted by molar-refractivity contribution is -0.858. The molecule has 0 saturated carbocycles. The van der Waals surface area contributed by atoms with Crippen LogP contribution in [0.2, 0.25) is 0 Å². The number of hydrogen-bond acceptors (Lipinski definition) is 5. The van der Waals surface area contributed by atoms with Crippen molar-refractivity contribution in [2.24, 2.45) is 0 Å². The molecule has 1 saturated heterocycles. The van der Waals surface area contributed by atoms with Crippen LogP contribution in [0, 0.1) is 0 Å². The van der Waals surface area contributed by atoms with E-state index in [-0.39, 0.29) is 0 Å². The van der Waals surface area contributed by atoms with Gasteiger partial charge in [0.1, 0.15) is 16.8 Å². The Bertz CT molecular complexity index is 1040. The van der Waals surface area contributed by atoms with Crippen molar-refractivity contribution in [1.29, 1.82) is 0 Å². The third-order valence-electron chi connectivity index (χ3n) is 6.58. The van der Waals surface area contributed by atoms with E-state index in [0.717, 1.165) is 30.8 Å². The van der Waals surface area contributed by atoms with Gasteiger partial charge in [-0.3, -0.25) is 4.90 Å². The smallest absolute Gasteiger partial charge is 0.278 e. The fourth-order valence-electron chi connectivity index (χ4n) is 5.06. The summed E-state index contributed by atoms with van der Waals surface area (Å²) in [4.78, 5) is 18.6. The van der Waals surface area contributed by atoms with Crippen molar-refractivity contribution >= 4 is 43.4 Å². The van der Waals surface area contributed by atoms with E-state index < -0.39 is 0 Å². The van der Waals surface area contributed by atoms with Gasteiger partial charge in [0.05, 0.1) is 44.6 Å². The van der Waals surface area contributed by atoms with Crippen LogP contribution in [0.4, 0.5) is 11.6 Å². The lowest BCUT2D eigenvalue weighted by atomic mass is 9.89. The summed E-state index contributed by atoms with van der Waals surface area (Å²) in [7, 11) is 4.40. The Hall–Kier alpha value is -1.99. The van der Waals surface area contributed by atoms with E-state index in [1.165, 1.54) is 83.7 Å². The van der Waals surface area contributed by atoms with Crippen molar-refractivity contribution in [2.45, 2.75) is 51.4 Å². The number of hydrogen-bond donors (Lipinski definition) is 2. The molecule has 3 aromatic rings. The molecule has 0 unspecified atom stereocenters. The van der Waals surface area contributed by atoms with E-state index in [9.17, 15) is 0 Å². The van der Waals surface area contributed by atoms with Gasteiger partial charge >= 0.3 is 0 Å². The summed E-state index contributed by atoms with van der Waals surface area (Å²) >= 11 is 1.83. The molecule has 0 bridgehead atoms. The Morgan fingerprint density at radius 1 is 1.07 bits per heavy atom. The van der Waals surface area contributed by atoms with Crippen LogP contribution in [0.25, 0.3) is 20.4 Å². The summed E-state index contributed by atoms with van der Waals surface area (Å²) in [5, 5.41) is 4.94. The molecule has 30 heavy (non-hydrogen) atoms. The van der Waals surface area contributed by atoms with E-state index in [1.54, 1.807) is 17.5 Å². The van der Waals surface area contributed by atoms with Crippen LogP contribution < -0.4 is 20.1 Å². The van der Waals surface area contributed by atoms with E-state index in [4.69, 9.17) is 4.98 Å². The van der Waals surface area contributed by atoms with Crippen LogP contribution in [-0.4, -0.2) is 50.2 Å². The molecule has 0 atom stereocenters. The maximum atomic E-state index is 4.76. The molecule has 6 nitrogen and oxygen atoms in total. The zero-order valence-electron chi connectivity index (χ0n) is 18.3. The van der Waals surface area contributed by atoms with Crippen molar-refractivity contribution in [2.75, 3.05) is 50.5 Å². The van der Waals surface area contributed by atoms with Gasteiger partial charge in [0.15, 0.2) is 4.83 Å². The average molecular weight is 427 g/mol. The topological polar surface area (TPSA) is 59.6 Å². The SMILES string of the molecule is C[NH+](C)CCCNc1ncnc2c1sc1[nH+]c(N3CCCCC3)c3c(c12)CCCC3. The zero-order chi connectivity index (χ0) is 20.5. The Kier molecular flexibility index (Phi) is 5.74. The van der Waals surface area contributed by atoms with Crippen LogP contribution in [0.1, 0.15) is 49.7 Å².